The monoisotopic (exact) mass is 874 g/mol. The molecule has 19 nitrogen and oxygen atoms in total. The normalized spacial score (nSPS) is 26.7. The summed E-state index contributed by atoms with van der Waals surface area (Å²) in [4.78, 5) is 42.4. The second-order valence-corrected chi connectivity index (χ2v) is 24.2. The van der Waals surface area contributed by atoms with Crippen molar-refractivity contribution in [3.63, 3.8) is 0 Å². The van der Waals surface area contributed by atoms with Gasteiger partial charge < -0.3 is 34.0 Å². The molecule has 4 heterocycles. The van der Waals surface area contributed by atoms with Crippen molar-refractivity contribution < 1.29 is 46.2 Å². The maximum Gasteiger partial charge on any atom is 0.695 e. The number of H-pyrrole nitrogens is 1. The summed E-state index contributed by atoms with van der Waals surface area (Å²) in [6, 6.07) is 2.66. The van der Waals surface area contributed by atoms with Crippen molar-refractivity contribution in [2.24, 2.45) is 11.8 Å². The molecular formula is C33H51FN9O10P2SSi+. The lowest BCUT2D eigenvalue weighted by atomic mass is 10.1. The number of hydrogen-bond acceptors (Lipinski definition) is 17. The van der Waals surface area contributed by atoms with Gasteiger partial charge in [-0.25, -0.2) is 19.3 Å². The standard InChI is InChI=1S/C33H50FN9O10P2SSi/c1-19(2)14-37-32-41-29-25(30(45)42-32)39-18-43(29)31-28(27(22(15-44)50-31)53-57(6,7)33(3,4)5)52-55(56,48-12-8-10-35)49-16-20-13-21(24(34)26(20)51-54(46)47)40-23-9-11-36-17-38-23/h9,11,17-22,24,26-28,31,44H,8,12-16H2,1-7H3,(H3-,36,37,38,40,41,42,45,46,47)/p+1/t20-,21-,22-,24-,26-,27-,28-,31-,55-/m1/s1. The van der Waals surface area contributed by atoms with E-state index in [1.807, 2.05) is 53.8 Å². The van der Waals surface area contributed by atoms with E-state index in [1.165, 1.54) is 23.4 Å². The van der Waals surface area contributed by atoms with Crippen LogP contribution in [0.15, 0.2) is 29.7 Å². The molecule has 0 amide bonds. The molecule has 24 heteroatoms. The molecule has 3 aromatic rings. The minimum absolute atomic E-state index is 0.0168. The summed E-state index contributed by atoms with van der Waals surface area (Å²) in [5.74, 6) is -0.0498. The average Bonchev–Trinajstić information content (AvgIpc) is 3.79. The maximum atomic E-state index is 15.9. The van der Waals surface area contributed by atoms with Crippen molar-refractivity contribution in [1.82, 2.24) is 29.5 Å². The number of nitriles is 1. The molecule has 0 bridgehead atoms. The Bertz CT molecular complexity index is 1990. The van der Waals surface area contributed by atoms with E-state index >= 15 is 4.39 Å². The van der Waals surface area contributed by atoms with Gasteiger partial charge in [-0.3, -0.25) is 18.9 Å². The van der Waals surface area contributed by atoms with E-state index in [9.17, 15) is 24.6 Å². The molecule has 1 aliphatic carbocycles. The number of nitrogens with zero attached hydrogens (tertiary/aromatic N) is 6. The lowest BCUT2D eigenvalue weighted by Gasteiger charge is -2.41. The number of aliphatic hydroxyl groups is 1. The molecule has 57 heavy (non-hydrogen) atoms. The summed E-state index contributed by atoms with van der Waals surface area (Å²) in [6.45, 7) is 9.71. The zero-order valence-electron chi connectivity index (χ0n) is 32.8. The molecule has 314 valence electrons. The average molecular weight is 875 g/mol. The number of rotatable bonds is 19. The number of fused-ring (bicyclic) bond motifs is 1. The first-order chi connectivity index (χ1) is 26.9. The molecule has 10 atom stereocenters. The van der Waals surface area contributed by atoms with Gasteiger partial charge in [0.2, 0.25) is 5.95 Å². The Morgan fingerprint density at radius 1 is 1.26 bits per heavy atom. The van der Waals surface area contributed by atoms with Crippen molar-refractivity contribution in [3.05, 3.63) is 35.3 Å². The third kappa shape index (κ3) is 11.0. The predicted molar refractivity (Wildman–Crippen MR) is 213 cm³/mol. The molecule has 0 aromatic carbocycles. The molecule has 5 N–H and O–H groups in total. The van der Waals surface area contributed by atoms with Crippen LogP contribution in [0.2, 0.25) is 18.1 Å². The number of alkyl halides is 1. The Balaban J connectivity index is 1.52. The lowest BCUT2D eigenvalue weighted by Crippen LogP contribution is -2.50. The van der Waals surface area contributed by atoms with Gasteiger partial charge in [0.05, 0.1) is 44.7 Å². The molecule has 1 aliphatic heterocycles. The summed E-state index contributed by atoms with van der Waals surface area (Å²) < 4.78 is 66.7. The number of imidazole rings is 1. The van der Waals surface area contributed by atoms with Crippen LogP contribution in [0.4, 0.5) is 16.2 Å². The van der Waals surface area contributed by atoms with Crippen LogP contribution in [0.3, 0.4) is 0 Å². The van der Waals surface area contributed by atoms with Crippen LogP contribution in [-0.4, -0.2) is 111 Å². The van der Waals surface area contributed by atoms with Gasteiger partial charge in [-0.05, 0) is 48.3 Å². The Hall–Kier alpha value is -2.90. The zero-order chi connectivity index (χ0) is 41.7. The van der Waals surface area contributed by atoms with E-state index in [4.69, 9.17) is 39.1 Å². The Morgan fingerprint density at radius 2 is 2.02 bits per heavy atom. The highest BCUT2D eigenvalue weighted by Crippen LogP contribution is 2.56. The summed E-state index contributed by atoms with van der Waals surface area (Å²) in [6.07, 6.45) is -3.30. The number of aromatic amines is 1. The number of aliphatic hydroxyl groups excluding tert-OH is 1. The van der Waals surface area contributed by atoms with Gasteiger partial charge >= 0.3 is 15.0 Å². The van der Waals surface area contributed by atoms with Crippen molar-refractivity contribution in [2.45, 2.75) is 108 Å². The molecule has 0 spiro atoms. The highest BCUT2D eigenvalue weighted by atomic mass is 32.5. The smallest absolute Gasteiger partial charge is 0.408 e. The van der Waals surface area contributed by atoms with Crippen molar-refractivity contribution in [1.29, 1.82) is 5.26 Å². The Kier molecular flexibility index (Phi) is 15.1. The highest BCUT2D eigenvalue weighted by Gasteiger charge is 2.54. The van der Waals surface area contributed by atoms with Gasteiger partial charge in [-0.1, -0.05) is 34.6 Å². The summed E-state index contributed by atoms with van der Waals surface area (Å²) in [5.41, 5.74) is -0.338. The van der Waals surface area contributed by atoms with Gasteiger partial charge in [0.15, 0.2) is 38.0 Å². The minimum atomic E-state index is -3.97. The largest absolute Gasteiger partial charge is 0.695 e. The second kappa shape index (κ2) is 19.0. The molecular weight excluding hydrogens is 824 g/mol. The number of halogens is 1. The van der Waals surface area contributed by atoms with Gasteiger partial charge in [0.25, 0.3) is 5.56 Å². The number of anilines is 2. The molecule has 1 saturated heterocycles. The van der Waals surface area contributed by atoms with Gasteiger partial charge in [0.1, 0.15) is 30.5 Å². The predicted octanol–water partition coefficient (Wildman–Crippen LogP) is 4.69. The number of aromatic nitrogens is 6. The first-order valence-electron chi connectivity index (χ1n) is 18.4. The van der Waals surface area contributed by atoms with Crippen molar-refractivity contribution in [3.8, 4) is 6.07 Å². The van der Waals surface area contributed by atoms with Gasteiger partial charge in [-0.2, -0.15) is 10.2 Å². The van der Waals surface area contributed by atoms with Crippen LogP contribution in [0.5, 0.6) is 0 Å². The first-order valence-corrected chi connectivity index (χ1v) is 25.0. The minimum Gasteiger partial charge on any atom is -0.408 e. The molecule has 2 aliphatic rings. The van der Waals surface area contributed by atoms with Crippen LogP contribution in [-0.2, 0) is 43.6 Å². The van der Waals surface area contributed by atoms with Crippen molar-refractivity contribution in [2.75, 3.05) is 37.0 Å². The third-order valence-corrected chi connectivity index (χ3v) is 17.3. The first kappa shape index (κ1) is 45.2. The van der Waals surface area contributed by atoms with Crippen LogP contribution >= 0.6 is 15.0 Å². The molecule has 2 fully saturated rings. The fourth-order valence-corrected chi connectivity index (χ4v) is 10.1. The second-order valence-electron chi connectivity index (χ2n) is 15.8. The molecule has 1 saturated carbocycles. The topological polar surface area (TPSA) is 250 Å². The van der Waals surface area contributed by atoms with E-state index in [-0.39, 0.29) is 54.1 Å². The van der Waals surface area contributed by atoms with E-state index in [2.05, 4.69) is 35.6 Å². The quantitative estimate of drug-likeness (QED) is 0.0623. The Labute approximate surface area is 336 Å². The molecule has 0 radical (unpaired) electrons. The zero-order valence-corrected chi connectivity index (χ0v) is 36.4. The van der Waals surface area contributed by atoms with Crippen LogP contribution in [0.25, 0.3) is 11.2 Å². The number of hydrogen-bond donors (Lipinski definition) is 5. The van der Waals surface area contributed by atoms with Gasteiger partial charge in [-0.15, -0.1) is 9.42 Å². The van der Waals surface area contributed by atoms with Crippen LogP contribution < -0.4 is 16.2 Å². The van der Waals surface area contributed by atoms with E-state index < -0.39 is 84.2 Å². The van der Waals surface area contributed by atoms with E-state index in [0.717, 1.165) is 0 Å². The Morgan fingerprint density at radius 3 is 2.65 bits per heavy atom. The van der Waals surface area contributed by atoms with Crippen LogP contribution in [0.1, 0.15) is 53.7 Å². The fraction of sp³-hybridized carbons (Fsp3) is 0.697. The van der Waals surface area contributed by atoms with E-state index in [1.54, 1.807) is 6.07 Å². The summed E-state index contributed by atoms with van der Waals surface area (Å²) in [7, 11) is -5.85. The highest BCUT2D eigenvalue weighted by molar-refractivity contribution is 8.07. The molecule has 1 unspecified atom stereocenters. The summed E-state index contributed by atoms with van der Waals surface area (Å²) in [5, 5.41) is 25.9. The number of ether oxygens (including phenoxy) is 1. The third-order valence-electron chi connectivity index (χ3n) is 10.1. The van der Waals surface area contributed by atoms with Crippen molar-refractivity contribution >= 4 is 58.0 Å². The summed E-state index contributed by atoms with van der Waals surface area (Å²) >= 11 is 5.99. The number of nitrogens with one attached hydrogen (secondary N) is 3. The SMILES string of the molecule is CC(C)CNc1nc2c(ncn2[C@@H]2O[C@H](CO)[C@@H](O[Si](C)(C)C(C)(C)C)[C@H]2O[P@@](=S)(OCCC#N)OC[C@H]2C[C@@H](Nc3ccncn3)[C@@H](F)[C@@H]2O[P+](=O)O)c(=O)[nH]1. The van der Waals surface area contributed by atoms with Gasteiger partial charge in [0, 0.05) is 23.2 Å². The molecule has 3 aromatic heterocycles. The lowest BCUT2D eigenvalue weighted by molar-refractivity contribution is -0.0503. The fourth-order valence-electron chi connectivity index (χ4n) is 6.18. The van der Waals surface area contributed by atoms with E-state index in [0.29, 0.717) is 12.4 Å². The van der Waals surface area contributed by atoms with Crippen LogP contribution in [0, 0.1) is 23.2 Å². The molecule has 5 rings (SSSR count). The maximum absolute atomic E-state index is 15.9.